The van der Waals surface area contributed by atoms with E-state index in [1.54, 1.807) is 31.2 Å². The average Bonchev–Trinajstić information content (AvgIpc) is 2.43. The lowest BCUT2D eigenvalue weighted by molar-refractivity contribution is 0.0730. The molecule has 0 bridgehead atoms. The van der Waals surface area contributed by atoms with Gasteiger partial charge in [-0.15, -0.1) is 0 Å². The number of benzene rings is 2. The van der Waals surface area contributed by atoms with Gasteiger partial charge in [0, 0.05) is 10.0 Å². The van der Waals surface area contributed by atoms with Crippen molar-refractivity contribution in [3.05, 3.63) is 57.6 Å². The minimum absolute atomic E-state index is 0.0193. The van der Waals surface area contributed by atoms with Gasteiger partial charge < -0.3 is 9.84 Å². The molecule has 1 N–H and O–H groups in total. The zero-order valence-electron chi connectivity index (χ0n) is 13.1. The molecule has 0 amide bonds. The van der Waals surface area contributed by atoms with E-state index in [0.29, 0.717) is 16.9 Å². The molecule has 22 heavy (non-hydrogen) atoms. The third-order valence-corrected chi connectivity index (χ3v) is 4.29. The Morgan fingerprint density at radius 1 is 1.18 bits per heavy atom. The van der Waals surface area contributed by atoms with Crippen LogP contribution in [-0.4, -0.2) is 11.1 Å². The highest BCUT2D eigenvalue weighted by Crippen LogP contribution is 2.38. The van der Waals surface area contributed by atoms with E-state index in [0.717, 1.165) is 4.47 Å². The van der Waals surface area contributed by atoms with Gasteiger partial charge in [-0.3, -0.25) is 0 Å². The minimum atomic E-state index is -0.562. The van der Waals surface area contributed by atoms with E-state index in [9.17, 15) is 9.90 Å². The summed E-state index contributed by atoms with van der Waals surface area (Å²) < 4.78 is 6.14. The van der Waals surface area contributed by atoms with Crippen molar-refractivity contribution in [2.75, 3.05) is 0 Å². The van der Waals surface area contributed by atoms with E-state index in [4.69, 9.17) is 4.74 Å². The normalized spacial score (nSPS) is 11.3. The Hall–Kier alpha value is -1.81. The number of halogens is 1. The van der Waals surface area contributed by atoms with Crippen molar-refractivity contribution in [1.29, 1.82) is 0 Å². The highest BCUT2D eigenvalue weighted by molar-refractivity contribution is 9.10. The first-order valence-electron chi connectivity index (χ1n) is 7.01. The van der Waals surface area contributed by atoms with E-state index in [1.807, 2.05) is 32.9 Å². The summed E-state index contributed by atoms with van der Waals surface area (Å²) in [6, 6.07) is 10.7. The van der Waals surface area contributed by atoms with Crippen molar-refractivity contribution in [3.8, 4) is 11.5 Å². The van der Waals surface area contributed by atoms with E-state index in [1.165, 1.54) is 0 Å². The van der Waals surface area contributed by atoms with Crippen molar-refractivity contribution in [2.45, 2.75) is 33.1 Å². The van der Waals surface area contributed by atoms with Gasteiger partial charge in [0.25, 0.3) is 0 Å². The highest BCUT2D eigenvalue weighted by atomic mass is 79.9. The van der Waals surface area contributed by atoms with Crippen molar-refractivity contribution in [2.24, 2.45) is 0 Å². The van der Waals surface area contributed by atoms with Crippen LogP contribution in [-0.2, 0) is 5.41 Å². The summed E-state index contributed by atoms with van der Waals surface area (Å²) in [5.41, 5.74) is 1.27. The maximum Gasteiger partial charge on any atom is 0.347 e. The Labute approximate surface area is 139 Å². The number of hydrogen-bond acceptors (Lipinski definition) is 3. The van der Waals surface area contributed by atoms with Crippen molar-refractivity contribution < 1.29 is 14.6 Å². The number of hydrogen-bond donors (Lipinski definition) is 1. The molecule has 116 valence electrons. The van der Waals surface area contributed by atoms with Crippen LogP contribution in [0, 0.1) is 6.92 Å². The molecule has 0 aliphatic heterocycles. The Balaban J connectivity index is 2.50. The lowest BCUT2D eigenvalue weighted by Crippen LogP contribution is -2.17. The van der Waals surface area contributed by atoms with Crippen LogP contribution in [0.3, 0.4) is 0 Å². The van der Waals surface area contributed by atoms with Crippen LogP contribution in [0.1, 0.15) is 42.3 Å². The zero-order valence-corrected chi connectivity index (χ0v) is 14.7. The maximum absolute atomic E-state index is 12.5. The van der Waals surface area contributed by atoms with Crippen LogP contribution in [0.4, 0.5) is 0 Å². The molecule has 2 aromatic carbocycles. The Morgan fingerprint density at radius 3 is 2.32 bits per heavy atom. The Morgan fingerprint density at radius 2 is 1.77 bits per heavy atom. The fourth-order valence-corrected chi connectivity index (χ4v) is 2.63. The highest BCUT2D eigenvalue weighted by Gasteiger charge is 2.27. The third-order valence-electron chi connectivity index (χ3n) is 3.46. The monoisotopic (exact) mass is 362 g/mol. The van der Waals surface area contributed by atoms with Crippen molar-refractivity contribution in [1.82, 2.24) is 0 Å². The smallest absolute Gasteiger partial charge is 0.347 e. The van der Waals surface area contributed by atoms with Crippen molar-refractivity contribution in [3.63, 3.8) is 0 Å². The van der Waals surface area contributed by atoms with E-state index >= 15 is 0 Å². The summed E-state index contributed by atoms with van der Waals surface area (Å²) in [6.07, 6.45) is 0. The predicted octanol–water partition coefficient (Wildman–Crippen LogP) is 4.98. The largest absolute Gasteiger partial charge is 0.507 e. The number of carbonyl (C=O) groups excluding carboxylic acids is 1. The van der Waals surface area contributed by atoms with E-state index in [2.05, 4.69) is 15.9 Å². The molecule has 0 heterocycles. The molecule has 0 aliphatic carbocycles. The second kappa shape index (κ2) is 6.13. The first-order chi connectivity index (χ1) is 10.2. The summed E-state index contributed by atoms with van der Waals surface area (Å²) in [5, 5.41) is 10.6. The molecule has 0 spiro atoms. The van der Waals surface area contributed by atoms with E-state index in [-0.39, 0.29) is 16.7 Å². The quantitative estimate of drug-likeness (QED) is 0.605. The number of carbonyl (C=O) groups is 1. The molecular weight excluding hydrogens is 344 g/mol. The summed E-state index contributed by atoms with van der Waals surface area (Å²) >= 11 is 3.46. The third kappa shape index (κ3) is 3.33. The fraction of sp³-hybridized carbons (Fsp3) is 0.278. The van der Waals surface area contributed by atoms with Gasteiger partial charge in [-0.1, -0.05) is 54.9 Å². The molecule has 0 saturated carbocycles. The number of ether oxygens (including phenoxy) is 1. The molecule has 0 aliphatic rings. The molecule has 3 nitrogen and oxygen atoms in total. The molecule has 2 aromatic rings. The zero-order chi connectivity index (χ0) is 16.5. The van der Waals surface area contributed by atoms with Crippen LogP contribution in [0.15, 0.2) is 40.9 Å². The number of para-hydroxylation sites is 1. The standard InChI is InChI=1S/C18H19BrO3/c1-11-14(19)10-13(18(2,3)4)16(20)15(11)17(21)22-12-8-6-5-7-9-12/h5-10,20H,1-4H3. The second-order valence-electron chi connectivity index (χ2n) is 6.21. The maximum atomic E-state index is 12.5. The number of phenolic OH excluding ortho intramolecular Hbond substituents is 1. The number of esters is 1. The van der Waals surface area contributed by atoms with Crippen LogP contribution in [0.5, 0.6) is 11.5 Å². The van der Waals surface area contributed by atoms with Crippen LogP contribution >= 0.6 is 15.9 Å². The van der Waals surface area contributed by atoms with Crippen molar-refractivity contribution >= 4 is 21.9 Å². The summed E-state index contributed by atoms with van der Waals surface area (Å²) in [4.78, 5) is 12.5. The van der Waals surface area contributed by atoms with Crippen LogP contribution in [0.25, 0.3) is 0 Å². The second-order valence-corrected chi connectivity index (χ2v) is 7.06. The van der Waals surface area contributed by atoms with Crippen LogP contribution in [0.2, 0.25) is 0 Å². The van der Waals surface area contributed by atoms with Gasteiger partial charge in [0.2, 0.25) is 0 Å². The first-order valence-corrected chi connectivity index (χ1v) is 7.81. The summed E-state index contributed by atoms with van der Waals surface area (Å²) in [6.45, 7) is 7.72. The van der Waals surface area contributed by atoms with Gasteiger partial charge in [0.05, 0.1) is 0 Å². The van der Waals surface area contributed by atoms with Gasteiger partial charge >= 0.3 is 5.97 Å². The van der Waals surface area contributed by atoms with Gasteiger partial charge in [-0.2, -0.15) is 0 Å². The van der Waals surface area contributed by atoms with E-state index < -0.39 is 5.97 Å². The number of aromatic hydroxyl groups is 1. The predicted molar refractivity (Wildman–Crippen MR) is 90.6 cm³/mol. The number of phenols is 1. The SMILES string of the molecule is Cc1c(Br)cc(C(C)(C)C)c(O)c1C(=O)Oc1ccccc1. The summed E-state index contributed by atoms with van der Waals surface area (Å²) in [7, 11) is 0. The molecule has 4 heteroatoms. The fourth-order valence-electron chi connectivity index (χ4n) is 2.20. The molecule has 0 aromatic heterocycles. The lowest BCUT2D eigenvalue weighted by atomic mass is 9.84. The summed E-state index contributed by atoms with van der Waals surface area (Å²) in [5.74, 6) is -0.134. The Kier molecular flexibility index (Phi) is 4.61. The molecule has 0 atom stereocenters. The van der Waals surface area contributed by atoms with Gasteiger partial charge in [-0.25, -0.2) is 4.79 Å². The Bertz CT molecular complexity index is 701. The molecule has 2 rings (SSSR count). The topological polar surface area (TPSA) is 46.5 Å². The molecule has 0 unspecified atom stereocenters. The minimum Gasteiger partial charge on any atom is -0.507 e. The molecule has 0 saturated heterocycles. The lowest BCUT2D eigenvalue weighted by Gasteiger charge is -2.23. The first kappa shape index (κ1) is 16.6. The average molecular weight is 363 g/mol. The molecule has 0 radical (unpaired) electrons. The molecule has 0 fully saturated rings. The number of rotatable bonds is 2. The van der Waals surface area contributed by atoms with Gasteiger partial charge in [-0.05, 0) is 36.1 Å². The van der Waals surface area contributed by atoms with Gasteiger partial charge in [0.1, 0.15) is 17.1 Å². The van der Waals surface area contributed by atoms with Gasteiger partial charge in [0.15, 0.2) is 0 Å². The molecular formula is C18H19BrO3. The van der Waals surface area contributed by atoms with Crippen LogP contribution < -0.4 is 4.74 Å².